The lowest BCUT2D eigenvalue weighted by molar-refractivity contribution is 0.363. The third-order valence-electron chi connectivity index (χ3n) is 2.06. The lowest BCUT2D eigenvalue weighted by Gasteiger charge is -2.03. The molecular weight excluding hydrogens is 218 g/mol. The molecule has 0 aliphatic rings. The van der Waals surface area contributed by atoms with E-state index in [4.69, 9.17) is 4.52 Å². The predicted molar refractivity (Wildman–Crippen MR) is 61.9 cm³/mol. The van der Waals surface area contributed by atoms with Gasteiger partial charge in [-0.1, -0.05) is 19.0 Å². The average Bonchev–Trinajstić information content (AvgIpc) is 2.78. The first-order valence-corrected chi connectivity index (χ1v) is 5.56. The summed E-state index contributed by atoms with van der Waals surface area (Å²) < 4.78 is 5.10. The SMILES string of the molecule is CC(C)CNCc1nc(-c2ncccn2)no1. The fourth-order valence-corrected chi connectivity index (χ4v) is 1.30. The van der Waals surface area contributed by atoms with Crippen LogP contribution in [0.25, 0.3) is 11.6 Å². The van der Waals surface area contributed by atoms with Crippen LogP contribution in [0.3, 0.4) is 0 Å². The first kappa shape index (κ1) is 11.7. The second kappa shape index (κ2) is 5.49. The maximum Gasteiger partial charge on any atom is 0.241 e. The summed E-state index contributed by atoms with van der Waals surface area (Å²) in [7, 11) is 0. The number of aromatic nitrogens is 4. The van der Waals surface area contributed by atoms with E-state index < -0.39 is 0 Å². The van der Waals surface area contributed by atoms with Gasteiger partial charge in [-0.3, -0.25) is 0 Å². The van der Waals surface area contributed by atoms with Crippen LogP contribution in [0.2, 0.25) is 0 Å². The molecule has 0 unspecified atom stereocenters. The molecule has 0 saturated heterocycles. The molecule has 17 heavy (non-hydrogen) atoms. The lowest BCUT2D eigenvalue weighted by atomic mass is 10.2. The van der Waals surface area contributed by atoms with E-state index in [9.17, 15) is 0 Å². The Kier molecular flexibility index (Phi) is 3.77. The van der Waals surface area contributed by atoms with Crippen LogP contribution < -0.4 is 5.32 Å². The van der Waals surface area contributed by atoms with Gasteiger partial charge in [0.2, 0.25) is 17.5 Å². The van der Waals surface area contributed by atoms with Gasteiger partial charge in [-0.05, 0) is 18.5 Å². The van der Waals surface area contributed by atoms with E-state index >= 15 is 0 Å². The Morgan fingerprint density at radius 2 is 2.00 bits per heavy atom. The van der Waals surface area contributed by atoms with Crippen LogP contribution in [0.15, 0.2) is 23.0 Å². The highest BCUT2D eigenvalue weighted by Crippen LogP contribution is 2.08. The minimum absolute atomic E-state index is 0.423. The standard InChI is InChI=1S/C11H15N5O/c1-8(2)6-12-7-9-15-11(16-17-9)10-13-4-3-5-14-10/h3-5,8,12H,6-7H2,1-2H3. The highest BCUT2D eigenvalue weighted by Gasteiger charge is 2.09. The normalized spacial score (nSPS) is 11.0. The summed E-state index contributed by atoms with van der Waals surface area (Å²) in [5, 5.41) is 7.06. The topological polar surface area (TPSA) is 76.7 Å². The summed E-state index contributed by atoms with van der Waals surface area (Å²) in [6.07, 6.45) is 3.30. The first-order valence-electron chi connectivity index (χ1n) is 5.56. The summed E-state index contributed by atoms with van der Waals surface area (Å²) in [6.45, 7) is 5.77. The summed E-state index contributed by atoms with van der Waals surface area (Å²) in [5.74, 6) is 2.04. The molecule has 2 heterocycles. The van der Waals surface area contributed by atoms with Crippen molar-refractivity contribution in [2.45, 2.75) is 20.4 Å². The summed E-state index contributed by atoms with van der Waals surface area (Å²) in [5.41, 5.74) is 0. The van der Waals surface area contributed by atoms with Gasteiger partial charge in [-0.2, -0.15) is 4.98 Å². The number of hydrogen-bond acceptors (Lipinski definition) is 6. The molecule has 0 aliphatic heterocycles. The van der Waals surface area contributed by atoms with Gasteiger partial charge in [0.15, 0.2) is 0 Å². The van der Waals surface area contributed by atoms with Gasteiger partial charge in [-0.15, -0.1) is 0 Å². The van der Waals surface area contributed by atoms with E-state index in [0.717, 1.165) is 6.54 Å². The Morgan fingerprint density at radius 3 is 2.71 bits per heavy atom. The molecule has 0 aliphatic carbocycles. The third-order valence-corrected chi connectivity index (χ3v) is 2.06. The molecule has 2 rings (SSSR count). The van der Waals surface area contributed by atoms with Crippen molar-refractivity contribution >= 4 is 0 Å². The Bertz CT molecular complexity index is 454. The predicted octanol–water partition coefficient (Wildman–Crippen LogP) is 1.27. The Labute approximate surface area is 99.5 Å². The number of hydrogen-bond donors (Lipinski definition) is 1. The van der Waals surface area contributed by atoms with E-state index in [1.165, 1.54) is 0 Å². The molecule has 0 amide bonds. The fraction of sp³-hybridized carbons (Fsp3) is 0.455. The molecule has 6 heteroatoms. The highest BCUT2D eigenvalue weighted by atomic mass is 16.5. The third kappa shape index (κ3) is 3.32. The zero-order valence-corrected chi connectivity index (χ0v) is 9.92. The first-order chi connectivity index (χ1) is 8.25. The molecule has 0 spiro atoms. The second-order valence-electron chi connectivity index (χ2n) is 4.11. The Balaban J connectivity index is 1.97. The van der Waals surface area contributed by atoms with Crippen molar-refractivity contribution in [3.05, 3.63) is 24.4 Å². The van der Waals surface area contributed by atoms with E-state index in [1.807, 2.05) is 0 Å². The van der Waals surface area contributed by atoms with Crippen LogP contribution >= 0.6 is 0 Å². The Morgan fingerprint density at radius 1 is 1.24 bits per heavy atom. The second-order valence-corrected chi connectivity index (χ2v) is 4.11. The van der Waals surface area contributed by atoms with E-state index in [0.29, 0.717) is 30.0 Å². The molecule has 0 fully saturated rings. The van der Waals surface area contributed by atoms with Crippen LogP contribution in [-0.2, 0) is 6.54 Å². The zero-order chi connectivity index (χ0) is 12.1. The molecule has 1 N–H and O–H groups in total. The van der Waals surface area contributed by atoms with Crippen LogP contribution in [0.5, 0.6) is 0 Å². The molecule has 2 aromatic rings. The lowest BCUT2D eigenvalue weighted by Crippen LogP contribution is -2.19. The Hall–Kier alpha value is -1.82. The van der Waals surface area contributed by atoms with Crippen molar-refractivity contribution in [3.63, 3.8) is 0 Å². The van der Waals surface area contributed by atoms with Gasteiger partial charge in [0, 0.05) is 12.4 Å². The average molecular weight is 233 g/mol. The number of nitrogens with one attached hydrogen (secondary N) is 1. The smallest absolute Gasteiger partial charge is 0.241 e. The van der Waals surface area contributed by atoms with Gasteiger partial charge in [0.1, 0.15) is 0 Å². The van der Waals surface area contributed by atoms with E-state index in [1.54, 1.807) is 18.5 Å². The zero-order valence-electron chi connectivity index (χ0n) is 9.92. The fourth-order valence-electron chi connectivity index (χ4n) is 1.30. The summed E-state index contributed by atoms with van der Waals surface area (Å²) >= 11 is 0. The van der Waals surface area contributed by atoms with Crippen LogP contribution in [0.4, 0.5) is 0 Å². The van der Waals surface area contributed by atoms with E-state index in [2.05, 4.69) is 39.3 Å². The highest BCUT2D eigenvalue weighted by molar-refractivity contribution is 5.40. The molecule has 90 valence electrons. The van der Waals surface area contributed by atoms with Gasteiger partial charge in [-0.25, -0.2) is 9.97 Å². The molecule has 0 bridgehead atoms. The van der Waals surface area contributed by atoms with Crippen LogP contribution in [-0.4, -0.2) is 26.7 Å². The maximum absolute atomic E-state index is 5.10. The number of nitrogens with zero attached hydrogens (tertiary/aromatic N) is 4. The van der Waals surface area contributed by atoms with Crippen molar-refractivity contribution in [1.82, 2.24) is 25.4 Å². The molecule has 0 atom stereocenters. The molecule has 0 aromatic carbocycles. The van der Waals surface area contributed by atoms with Gasteiger partial charge in [0.05, 0.1) is 6.54 Å². The molecule has 0 radical (unpaired) electrons. The van der Waals surface area contributed by atoms with Crippen LogP contribution in [0.1, 0.15) is 19.7 Å². The van der Waals surface area contributed by atoms with Crippen molar-refractivity contribution < 1.29 is 4.52 Å². The van der Waals surface area contributed by atoms with Gasteiger partial charge >= 0.3 is 0 Å². The number of rotatable bonds is 5. The largest absolute Gasteiger partial charge is 0.337 e. The maximum atomic E-state index is 5.10. The monoisotopic (exact) mass is 233 g/mol. The van der Waals surface area contributed by atoms with Crippen molar-refractivity contribution in [2.75, 3.05) is 6.54 Å². The molecule has 0 saturated carbocycles. The molecule has 6 nitrogen and oxygen atoms in total. The minimum Gasteiger partial charge on any atom is -0.337 e. The molecular formula is C11H15N5O. The minimum atomic E-state index is 0.423. The van der Waals surface area contributed by atoms with Gasteiger partial charge < -0.3 is 9.84 Å². The van der Waals surface area contributed by atoms with Crippen molar-refractivity contribution in [2.24, 2.45) is 5.92 Å². The van der Waals surface area contributed by atoms with Crippen molar-refractivity contribution in [1.29, 1.82) is 0 Å². The summed E-state index contributed by atoms with van der Waals surface area (Å²) in [6, 6.07) is 1.74. The van der Waals surface area contributed by atoms with Gasteiger partial charge in [0.25, 0.3) is 0 Å². The quantitative estimate of drug-likeness (QED) is 0.838. The van der Waals surface area contributed by atoms with Crippen molar-refractivity contribution in [3.8, 4) is 11.6 Å². The van der Waals surface area contributed by atoms with Crippen LogP contribution in [0, 0.1) is 5.92 Å². The summed E-state index contributed by atoms with van der Waals surface area (Å²) in [4.78, 5) is 12.3. The molecule has 2 aromatic heterocycles. The van der Waals surface area contributed by atoms with E-state index in [-0.39, 0.29) is 0 Å².